The molecule has 2 aromatic carbocycles. The average molecular weight is 409 g/mol. The van der Waals surface area contributed by atoms with E-state index < -0.39 is 24.6 Å². The first-order chi connectivity index (χ1) is 12.9. The molecule has 0 aliphatic rings. The molecule has 2 aromatic rings. The van der Waals surface area contributed by atoms with Gasteiger partial charge in [-0.1, -0.05) is 48.0 Å². The Kier molecular flexibility index (Phi) is 8.07. The van der Waals surface area contributed by atoms with Gasteiger partial charge in [0, 0.05) is 20.6 Å². The third-order valence-corrected chi connectivity index (χ3v) is 7.10. The Balaban J connectivity index is 2.17. The molecule has 0 aromatic heterocycles. The number of nitrogens with one attached hydrogen (secondary N) is 1. The quantitative estimate of drug-likeness (QED) is 0.604. The number of ketones is 1. The number of aryl methyl sites for hydroxylation is 1. The Morgan fingerprint density at radius 3 is 2.22 bits per heavy atom. The summed E-state index contributed by atoms with van der Waals surface area (Å²) in [6.07, 6.45) is -0.319. The van der Waals surface area contributed by atoms with Gasteiger partial charge in [0.15, 0.2) is 0 Å². The van der Waals surface area contributed by atoms with Gasteiger partial charge in [0.05, 0.1) is 10.9 Å². The maximum absolute atomic E-state index is 12.7. The fourth-order valence-corrected chi connectivity index (χ4v) is 4.45. The summed E-state index contributed by atoms with van der Waals surface area (Å²) in [7, 11) is -2.44. The minimum atomic E-state index is -3.44. The third-order valence-electron chi connectivity index (χ3n) is 4.04. The molecule has 0 aliphatic carbocycles. The number of hydrogen-bond acceptors (Lipinski definition) is 5. The van der Waals surface area contributed by atoms with Crippen LogP contribution in [0.2, 0.25) is 0 Å². The molecule has 2 atom stereocenters. The maximum Gasteiger partial charge on any atom is 0.337 e. The molecule has 1 N–H and O–H groups in total. The highest BCUT2D eigenvalue weighted by atomic mass is 32.2. The van der Waals surface area contributed by atoms with Crippen LogP contribution in [0.1, 0.15) is 23.6 Å². The van der Waals surface area contributed by atoms with Crippen molar-refractivity contribution in [1.29, 1.82) is 0 Å². The number of benzene rings is 2. The number of rotatable bonds is 10. The van der Waals surface area contributed by atoms with Crippen molar-refractivity contribution in [3.05, 3.63) is 65.7 Å². The van der Waals surface area contributed by atoms with Gasteiger partial charge >= 0.3 is 7.60 Å². The molecule has 0 radical (unpaired) electrons. The smallest absolute Gasteiger partial charge is 0.312 e. The van der Waals surface area contributed by atoms with Crippen molar-refractivity contribution in [2.75, 3.05) is 20.4 Å². The fourth-order valence-electron chi connectivity index (χ4n) is 2.48. The molecule has 0 saturated heterocycles. The predicted octanol–water partition coefficient (Wildman–Crippen LogP) is 3.79. The van der Waals surface area contributed by atoms with Gasteiger partial charge in [0.2, 0.25) is 0 Å². The Morgan fingerprint density at radius 2 is 1.67 bits per heavy atom. The van der Waals surface area contributed by atoms with Gasteiger partial charge in [0.1, 0.15) is 22.9 Å². The number of hydrogen-bond donors (Lipinski definition) is 1. The van der Waals surface area contributed by atoms with Gasteiger partial charge in [-0.3, -0.25) is 9.36 Å². The van der Waals surface area contributed by atoms with E-state index in [9.17, 15) is 13.6 Å². The van der Waals surface area contributed by atoms with Crippen LogP contribution < -0.4 is 4.72 Å². The number of carbonyl (C=O) groups is 1. The third kappa shape index (κ3) is 6.48. The van der Waals surface area contributed by atoms with Crippen molar-refractivity contribution >= 4 is 24.4 Å². The zero-order valence-corrected chi connectivity index (χ0v) is 17.3. The molecule has 2 rings (SSSR count). The van der Waals surface area contributed by atoms with Crippen LogP contribution in [-0.4, -0.2) is 30.4 Å². The minimum absolute atomic E-state index is 0.0122. The lowest BCUT2D eigenvalue weighted by Gasteiger charge is -2.19. The van der Waals surface area contributed by atoms with Crippen molar-refractivity contribution in [1.82, 2.24) is 4.72 Å². The molecule has 0 bridgehead atoms. The van der Waals surface area contributed by atoms with Gasteiger partial charge in [-0.2, -0.15) is 0 Å². The van der Waals surface area contributed by atoms with Crippen molar-refractivity contribution in [2.24, 2.45) is 0 Å². The van der Waals surface area contributed by atoms with Crippen LogP contribution in [0, 0.1) is 6.92 Å². The van der Waals surface area contributed by atoms with Gasteiger partial charge in [-0.15, -0.1) is 0 Å². The van der Waals surface area contributed by atoms with Gasteiger partial charge in [-0.05, 0) is 24.6 Å². The predicted molar refractivity (Wildman–Crippen MR) is 106 cm³/mol. The highest BCUT2D eigenvalue weighted by Gasteiger charge is 2.28. The van der Waals surface area contributed by atoms with Crippen molar-refractivity contribution in [2.45, 2.75) is 24.3 Å². The van der Waals surface area contributed by atoms with E-state index in [-0.39, 0.29) is 18.4 Å². The standard InChI is InChI=1S/C19H24NO5PS/c1-15-9-11-18(12-10-15)27(23)20-19(16-7-5-4-6-8-16)13-17(21)14-26(22,24-2)25-3/h4-12,19-20H,13-14H2,1-3H3. The molecule has 2 unspecified atom stereocenters. The second kappa shape index (κ2) is 10.1. The zero-order valence-electron chi connectivity index (χ0n) is 15.6. The van der Waals surface area contributed by atoms with Crippen LogP contribution in [0.15, 0.2) is 59.5 Å². The largest absolute Gasteiger partial charge is 0.337 e. The summed E-state index contributed by atoms with van der Waals surface area (Å²) in [5.41, 5.74) is 1.89. The number of Topliss-reactive ketones (excluding diaryl/α,β-unsaturated/α-hetero) is 1. The summed E-state index contributed by atoms with van der Waals surface area (Å²) in [5, 5.41) is 0. The summed E-state index contributed by atoms with van der Waals surface area (Å²) in [5.74, 6) is -0.302. The van der Waals surface area contributed by atoms with Crippen LogP contribution in [0.5, 0.6) is 0 Å². The van der Waals surface area contributed by atoms with Crippen LogP contribution in [0.3, 0.4) is 0 Å². The van der Waals surface area contributed by atoms with E-state index in [0.717, 1.165) is 11.1 Å². The van der Waals surface area contributed by atoms with Crippen molar-refractivity contribution in [3.63, 3.8) is 0 Å². The van der Waals surface area contributed by atoms with Crippen LogP contribution >= 0.6 is 7.60 Å². The first-order valence-corrected chi connectivity index (χ1v) is 11.3. The van der Waals surface area contributed by atoms with E-state index in [1.807, 2.05) is 49.4 Å². The van der Waals surface area contributed by atoms with E-state index in [1.54, 1.807) is 12.1 Å². The molecule has 6 nitrogen and oxygen atoms in total. The molecule has 146 valence electrons. The van der Waals surface area contributed by atoms with E-state index in [1.165, 1.54) is 14.2 Å². The Labute approximate surface area is 162 Å². The Bertz CT molecular complexity index is 818. The molecule has 0 saturated carbocycles. The summed E-state index contributed by atoms with van der Waals surface area (Å²) in [6, 6.07) is 16.1. The molecular weight excluding hydrogens is 385 g/mol. The molecule has 0 amide bonds. The topological polar surface area (TPSA) is 81.7 Å². The lowest BCUT2D eigenvalue weighted by atomic mass is 10.0. The first-order valence-electron chi connectivity index (χ1n) is 8.38. The summed E-state index contributed by atoms with van der Waals surface area (Å²) in [6.45, 7) is 1.95. The van der Waals surface area contributed by atoms with E-state index >= 15 is 0 Å². The van der Waals surface area contributed by atoms with E-state index in [2.05, 4.69) is 4.72 Å². The zero-order chi connectivity index (χ0) is 19.9. The second-order valence-corrected chi connectivity index (χ2v) is 9.55. The molecule has 0 fully saturated rings. The molecule has 27 heavy (non-hydrogen) atoms. The summed E-state index contributed by atoms with van der Waals surface area (Å²) >= 11 is 0. The van der Waals surface area contributed by atoms with Crippen molar-refractivity contribution in [3.8, 4) is 0 Å². The summed E-state index contributed by atoms with van der Waals surface area (Å²) < 4.78 is 37.6. The van der Waals surface area contributed by atoms with Crippen LogP contribution in [-0.2, 0) is 29.4 Å². The lowest BCUT2D eigenvalue weighted by Crippen LogP contribution is -2.27. The maximum atomic E-state index is 12.7. The highest BCUT2D eigenvalue weighted by molar-refractivity contribution is 7.83. The van der Waals surface area contributed by atoms with Gasteiger partial charge < -0.3 is 9.05 Å². The summed E-state index contributed by atoms with van der Waals surface area (Å²) in [4.78, 5) is 13.1. The Hall–Kier alpha value is -1.63. The molecular formula is C19H24NO5PS. The fraction of sp³-hybridized carbons (Fsp3) is 0.316. The molecule has 0 heterocycles. The highest BCUT2D eigenvalue weighted by Crippen LogP contribution is 2.46. The second-order valence-electron chi connectivity index (χ2n) is 6.04. The molecule has 8 heteroatoms. The van der Waals surface area contributed by atoms with Crippen LogP contribution in [0.25, 0.3) is 0 Å². The molecule has 0 aliphatic heterocycles. The van der Waals surface area contributed by atoms with Crippen molar-refractivity contribution < 1.29 is 22.6 Å². The van der Waals surface area contributed by atoms with E-state index in [4.69, 9.17) is 9.05 Å². The van der Waals surface area contributed by atoms with Gasteiger partial charge in [-0.25, -0.2) is 8.93 Å². The van der Waals surface area contributed by atoms with Crippen LogP contribution in [0.4, 0.5) is 0 Å². The van der Waals surface area contributed by atoms with E-state index in [0.29, 0.717) is 4.90 Å². The first kappa shape index (κ1) is 21.7. The normalized spacial score (nSPS) is 13.9. The monoisotopic (exact) mass is 409 g/mol. The lowest BCUT2D eigenvalue weighted by molar-refractivity contribution is -0.117. The average Bonchev–Trinajstić information content (AvgIpc) is 2.68. The Morgan fingerprint density at radius 1 is 1.07 bits per heavy atom. The molecule has 0 spiro atoms. The SMILES string of the molecule is COP(=O)(CC(=O)CC(NS(=O)c1ccc(C)cc1)c1ccccc1)OC. The number of carbonyl (C=O) groups excluding carboxylic acids is 1. The minimum Gasteiger partial charge on any atom is -0.312 e. The van der Waals surface area contributed by atoms with Gasteiger partial charge in [0.25, 0.3) is 0 Å².